The van der Waals surface area contributed by atoms with Crippen molar-refractivity contribution in [3.63, 3.8) is 0 Å². The van der Waals surface area contributed by atoms with Gasteiger partial charge in [-0.2, -0.15) is 0 Å². The molecule has 0 spiro atoms. The van der Waals surface area contributed by atoms with E-state index in [4.69, 9.17) is 5.73 Å². The van der Waals surface area contributed by atoms with Crippen molar-refractivity contribution in [1.29, 1.82) is 0 Å². The molecule has 1 radical (unpaired) electrons. The van der Waals surface area contributed by atoms with Gasteiger partial charge in [0.05, 0.1) is 0 Å². The second-order valence-electron chi connectivity index (χ2n) is 5.27. The third-order valence-electron chi connectivity index (χ3n) is 4.24. The molecule has 2 N–H and O–H groups in total. The Morgan fingerprint density at radius 1 is 1.07 bits per heavy atom. The van der Waals surface area contributed by atoms with E-state index in [0.29, 0.717) is 4.73 Å². The molecule has 0 aliphatic heterocycles. The van der Waals surface area contributed by atoms with Crippen molar-refractivity contribution in [3.05, 3.63) is 0 Å². The molecule has 4 rings (SSSR count). The van der Waals surface area contributed by atoms with Gasteiger partial charge in [0, 0.05) is 0 Å². The van der Waals surface area contributed by atoms with Crippen molar-refractivity contribution in [3.8, 4) is 0 Å². The molecule has 0 atom stereocenters. The Morgan fingerprint density at radius 3 is 2.07 bits per heavy atom. The molecule has 0 unspecified atom stereocenters. The van der Waals surface area contributed by atoms with Crippen LogP contribution in [0.25, 0.3) is 0 Å². The maximum absolute atomic E-state index is 5.48. The Labute approximate surface area is 98.4 Å². The molecule has 0 aromatic rings. The summed E-state index contributed by atoms with van der Waals surface area (Å²) in [4.78, 5) is 0. The van der Waals surface area contributed by atoms with E-state index in [1.54, 1.807) is 0 Å². The van der Waals surface area contributed by atoms with E-state index < -0.39 is 0 Å². The number of amidine groups is 1. The monoisotopic (exact) mass is 270 g/mol. The fourth-order valence-corrected chi connectivity index (χ4v) is 4.02. The summed E-state index contributed by atoms with van der Waals surface area (Å²) in [6.45, 7) is 0. The number of rotatable bonds is 1. The third-order valence-corrected chi connectivity index (χ3v) is 4.41. The molecule has 15 heavy (non-hydrogen) atoms. The fraction of sp³-hybridized carbons (Fsp3) is 0.818. The number of nitrogens with zero attached hydrogens (tertiary/aromatic N) is 2. The van der Waals surface area contributed by atoms with Crippen molar-refractivity contribution in [2.45, 2.75) is 32.1 Å². The summed E-state index contributed by atoms with van der Waals surface area (Å²) in [5.74, 6) is 3.43. The van der Waals surface area contributed by atoms with Gasteiger partial charge in [0.15, 0.2) is 0 Å². The van der Waals surface area contributed by atoms with Gasteiger partial charge in [0.25, 0.3) is 0 Å². The summed E-state index contributed by atoms with van der Waals surface area (Å²) < 4.78 is 0.455. The normalized spacial score (nSPS) is 43.5. The first-order valence-electron chi connectivity index (χ1n) is 5.80. The second kappa shape index (κ2) is 3.60. The molecule has 4 bridgehead atoms. The Morgan fingerprint density at radius 2 is 1.60 bits per heavy atom. The summed E-state index contributed by atoms with van der Waals surface area (Å²) in [5, 5.41) is 8.37. The summed E-state index contributed by atoms with van der Waals surface area (Å²) in [6.07, 6.45) is 6.90. The molecule has 3 nitrogen and oxygen atoms in total. The first-order chi connectivity index (χ1) is 7.22. The average Bonchev–Trinajstić information content (AvgIpc) is 2.14. The maximum atomic E-state index is 5.48. The van der Waals surface area contributed by atoms with Crippen LogP contribution in [0, 0.1) is 23.7 Å². The van der Waals surface area contributed by atoms with E-state index >= 15 is 0 Å². The van der Waals surface area contributed by atoms with Gasteiger partial charge in [0.2, 0.25) is 0 Å². The van der Waals surface area contributed by atoms with Crippen LogP contribution < -0.4 is 5.73 Å². The van der Waals surface area contributed by atoms with E-state index in [-0.39, 0.29) is 0 Å². The summed E-state index contributed by atoms with van der Waals surface area (Å²) >= 11 is 2.68. The van der Waals surface area contributed by atoms with Gasteiger partial charge in [0.1, 0.15) is 0 Å². The Hall–Kier alpha value is -0.341. The van der Waals surface area contributed by atoms with Crippen molar-refractivity contribution in [1.82, 2.24) is 0 Å². The molecule has 0 aromatic carbocycles. The van der Waals surface area contributed by atoms with Crippen LogP contribution in [0.3, 0.4) is 0 Å². The molecule has 0 heterocycles. The molecular formula is C11H16N3Se. The van der Waals surface area contributed by atoms with Crippen LogP contribution in [-0.2, 0) is 0 Å². The molecular weight excluding hydrogens is 253 g/mol. The number of nitrogens with two attached hydrogens (primary N) is 1. The van der Waals surface area contributed by atoms with Gasteiger partial charge >= 0.3 is 98.2 Å². The van der Waals surface area contributed by atoms with E-state index in [9.17, 15) is 0 Å². The van der Waals surface area contributed by atoms with Crippen LogP contribution in [-0.4, -0.2) is 26.5 Å². The molecule has 0 aromatic heterocycles. The van der Waals surface area contributed by atoms with Crippen molar-refractivity contribution in [2.24, 2.45) is 39.6 Å². The van der Waals surface area contributed by atoms with E-state index in [1.165, 1.54) is 37.8 Å². The summed E-state index contributed by atoms with van der Waals surface area (Å²) in [5.41, 5.74) is 6.83. The van der Waals surface area contributed by atoms with Crippen LogP contribution in [0.1, 0.15) is 32.1 Å². The van der Waals surface area contributed by atoms with E-state index in [0.717, 1.165) is 23.7 Å². The van der Waals surface area contributed by atoms with Crippen LogP contribution in [0.5, 0.6) is 0 Å². The average molecular weight is 269 g/mol. The van der Waals surface area contributed by atoms with Gasteiger partial charge < -0.3 is 0 Å². The van der Waals surface area contributed by atoms with Crippen LogP contribution >= 0.6 is 0 Å². The zero-order chi connectivity index (χ0) is 10.4. The predicted molar refractivity (Wildman–Crippen MR) is 61.9 cm³/mol. The summed E-state index contributed by atoms with van der Waals surface area (Å²) in [6, 6.07) is 0. The SMILES string of the molecule is NC([Se])=NN=C1C2CC3CC(C2)CC1C3. The molecule has 0 amide bonds. The van der Waals surface area contributed by atoms with Crippen LogP contribution in [0.15, 0.2) is 10.2 Å². The number of hydrogen-bond donors (Lipinski definition) is 1. The Bertz CT molecular complexity index is 301. The van der Waals surface area contributed by atoms with Gasteiger partial charge in [-0.3, -0.25) is 0 Å². The zero-order valence-corrected chi connectivity index (χ0v) is 10.4. The predicted octanol–water partition coefficient (Wildman–Crippen LogP) is 1.28. The molecule has 4 aliphatic carbocycles. The molecule has 4 fully saturated rings. The molecule has 4 heteroatoms. The van der Waals surface area contributed by atoms with Gasteiger partial charge in [-0.05, 0) is 0 Å². The topological polar surface area (TPSA) is 50.7 Å². The first kappa shape index (κ1) is 9.86. The minimum absolute atomic E-state index is 0.455. The molecule has 81 valence electrons. The van der Waals surface area contributed by atoms with Crippen molar-refractivity contribution < 1.29 is 0 Å². The van der Waals surface area contributed by atoms with Gasteiger partial charge in [-0.1, -0.05) is 0 Å². The Balaban J connectivity index is 1.86. The van der Waals surface area contributed by atoms with Crippen molar-refractivity contribution in [2.75, 3.05) is 0 Å². The first-order valence-corrected chi connectivity index (χ1v) is 6.66. The minimum atomic E-state index is 0.455. The fourth-order valence-electron chi connectivity index (χ4n) is 3.94. The third kappa shape index (κ3) is 1.74. The molecule has 0 saturated heterocycles. The molecule has 4 aliphatic rings. The van der Waals surface area contributed by atoms with Crippen LogP contribution in [0.2, 0.25) is 0 Å². The van der Waals surface area contributed by atoms with Crippen LogP contribution in [0.4, 0.5) is 0 Å². The second-order valence-corrected chi connectivity index (χ2v) is 6.15. The van der Waals surface area contributed by atoms with E-state index in [2.05, 4.69) is 26.2 Å². The standard InChI is InChI=1S/C11H16N3Se/c12-11(15)14-13-10-8-2-6-1-7(4-8)5-9(10)3-6/h6-9H,1-5H2,(H2,12,14). The Kier molecular flexibility index (Phi) is 2.37. The van der Waals surface area contributed by atoms with Crippen molar-refractivity contribution >= 4 is 26.5 Å². The zero-order valence-electron chi connectivity index (χ0n) is 8.72. The van der Waals surface area contributed by atoms with E-state index in [1.807, 2.05) is 0 Å². The molecule has 4 saturated carbocycles. The quantitative estimate of drug-likeness (QED) is 0.331. The number of hydrogen-bond acceptors (Lipinski definition) is 2. The van der Waals surface area contributed by atoms with Gasteiger partial charge in [-0.15, -0.1) is 0 Å². The summed E-state index contributed by atoms with van der Waals surface area (Å²) in [7, 11) is 0. The van der Waals surface area contributed by atoms with Gasteiger partial charge in [-0.25, -0.2) is 0 Å².